The van der Waals surface area contributed by atoms with Crippen LogP contribution < -0.4 is 5.32 Å². The summed E-state index contributed by atoms with van der Waals surface area (Å²) >= 11 is 5.95. The minimum absolute atomic E-state index is 0.179. The summed E-state index contributed by atoms with van der Waals surface area (Å²) in [5.74, 6) is 0.179. The van der Waals surface area contributed by atoms with Gasteiger partial charge in [0.25, 0.3) is 0 Å². The number of aromatic nitrogens is 2. The Kier molecular flexibility index (Phi) is 6.74. The van der Waals surface area contributed by atoms with Gasteiger partial charge in [-0.1, -0.05) is 11.6 Å². The van der Waals surface area contributed by atoms with Crippen LogP contribution in [0, 0.1) is 22.7 Å². The lowest BCUT2D eigenvalue weighted by molar-refractivity contribution is 0.198. The second-order valence-corrected chi connectivity index (χ2v) is 7.10. The first kappa shape index (κ1) is 19.3. The Bertz CT molecular complexity index is 872. The Labute approximate surface area is 164 Å². The smallest absolute Gasteiger partial charge is 0.129 e. The van der Waals surface area contributed by atoms with E-state index < -0.39 is 0 Å². The third kappa shape index (κ3) is 5.25. The highest BCUT2D eigenvalue weighted by molar-refractivity contribution is 6.29. The minimum Gasteiger partial charge on any atom is -0.390 e. The fourth-order valence-electron chi connectivity index (χ4n) is 3.30. The summed E-state index contributed by atoms with van der Waals surface area (Å²) in [6.45, 7) is 3.77. The SMILES string of the molecule is N#CC1CCCN(CCCN/C=C(\C=N)c2cnc3ccc(Cl)nc3c2)C1. The number of fused-ring (bicyclic) bond motifs is 1. The Morgan fingerprint density at radius 2 is 2.33 bits per heavy atom. The van der Waals surface area contributed by atoms with Crippen molar-refractivity contribution in [3.05, 3.63) is 41.3 Å². The molecule has 0 aliphatic carbocycles. The third-order valence-corrected chi connectivity index (χ3v) is 4.94. The van der Waals surface area contributed by atoms with Crippen LogP contribution in [0.15, 0.2) is 30.6 Å². The molecule has 6 nitrogen and oxygen atoms in total. The van der Waals surface area contributed by atoms with Gasteiger partial charge in [-0.05, 0) is 50.6 Å². The van der Waals surface area contributed by atoms with Crippen molar-refractivity contribution in [3.63, 3.8) is 0 Å². The van der Waals surface area contributed by atoms with E-state index in [9.17, 15) is 0 Å². The molecule has 0 amide bonds. The van der Waals surface area contributed by atoms with Gasteiger partial charge in [0.05, 0.1) is 23.0 Å². The number of pyridine rings is 2. The topological polar surface area (TPSA) is 88.7 Å². The second-order valence-electron chi connectivity index (χ2n) is 6.72. The van der Waals surface area contributed by atoms with Crippen LogP contribution in [0.5, 0.6) is 0 Å². The maximum absolute atomic E-state index is 9.06. The standard InChI is InChI=1S/C20H23ClN6/c21-20-5-4-18-19(26-20)9-16(13-25-18)17(11-23)12-24-6-2-8-27-7-1-3-15(10-22)14-27/h4-5,9,11-13,15,23-24H,1-3,6-8,14H2/b17-12+,23-11?. The van der Waals surface area contributed by atoms with Gasteiger partial charge >= 0.3 is 0 Å². The van der Waals surface area contributed by atoms with Gasteiger partial charge in [0.1, 0.15) is 5.15 Å². The fourth-order valence-corrected chi connectivity index (χ4v) is 3.45. The number of nitriles is 1. The zero-order chi connectivity index (χ0) is 19.1. The number of nitrogens with one attached hydrogen (secondary N) is 2. The van der Waals surface area contributed by atoms with Crippen LogP contribution in [0.4, 0.5) is 0 Å². The lowest BCUT2D eigenvalue weighted by Crippen LogP contribution is -2.36. The van der Waals surface area contributed by atoms with Gasteiger partial charge < -0.3 is 15.6 Å². The highest BCUT2D eigenvalue weighted by atomic mass is 35.5. The molecule has 0 aromatic carbocycles. The maximum atomic E-state index is 9.06. The molecular weight excluding hydrogens is 360 g/mol. The van der Waals surface area contributed by atoms with Crippen molar-refractivity contribution < 1.29 is 0 Å². The minimum atomic E-state index is 0.179. The van der Waals surface area contributed by atoms with E-state index in [-0.39, 0.29) is 5.92 Å². The molecule has 1 aliphatic heterocycles. The molecule has 140 valence electrons. The molecule has 7 heteroatoms. The van der Waals surface area contributed by atoms with Crippen LogP contribution in [-0.4, -0.2) is 47.3 Å². The number of hydrogen-bond acceptors (Lipinski definition) is 6. The number of nitrogens with zero attached hydrogens (tertiary/aromatic N) is 4. The molecule has 0 bridgehead atoms. The van der Waals surface area contributed by atoms with Gasteiger partial charge in [-0.3, -0.25) is 4.98 Å². The lowest BCUT2D eigenvalue weighted by atomic mass is 10.00. The molecule has 1 atom stereocenters. The number of rotatable bonds is 7. The van der Waals surface area contributed by atoms with Crippen LogP contribution in [-0.2, 0) is 0 Å². The van der Waals surface area contributed by atoms with Gasteiger partial charge in [0.2, 0.25) is 0 Å². The zero-order valence-electron chi connectivity index (χ0n) is 15.2. The molecule has 1 aliphatic rings. The molecular formula is C20H23ClN6. The predicted molar refractivity (Wildman–Crippen MR) is 109 cm³/mol. The van der Waals surface area contributed by atoms with Crippen molar-refractivity contribution in [2.45, 2.75) is 19.3 Å². The predicted octanol–water partition coefficient (Wildman–Crippen LogP) is 3.49. The Morgan fingerprint density at radius 3 is 3.15 bits per heavy atom. The van der Waals surface area contributed by atoms with Crippen molar-refractivity contribution in [2.75, 3.05) is 26.2 Å². The van der Waals surface area contributed by atoms with E-state index in [0.29, 0.717) is 10.7 Å². The van der Waals surface area contributed by atoms with E-state index in [1.807, 2.05) is 18.3 Å². The number of piperidine rings is 1. The van der Waals surface area contributed by atoms with E-state index in [4.69, 9.17) is 22.3 Å². The molecule has 3 heterocycles. The molecule has 1 fully saturated rings. The van der Waals surface area contributed by atoms with Crippen molar-refractivity contribution in [1.29, 1.82) is 10.7 Å². The van der Waals surface area contributed by atoms with Crippen molar-refractivity contribution in [2.24, 2.45) is 5.92 Å². The Balaban J connectivity index is 1.54. The van der Waals surface area contributed by atoms with Gasteiger partial charge in [-0.25, -0.2) is 4.98 Å². The highest BCUT2D eigenvalue weighted by Gasteiger charge is 2.18. The average molecular weight is 383 g/mol. The van der Waals surface area contributed by atoms with Crippen LogP contribution in [0.2, 0.25) is 5.15 Å². The molecule has 2 N–H and O–H groups in total. The lowest BCUT2D eigenvalue weighted by Gasteiger charge is -2.29. The summed E-state index contributed by atoms with van der Waals surface area (Å²) in [6.07, 6.45) is 8.02. The van der Waals surface area contributed by atoms with Gasteiger partial charge in [0.15, 0.2) is 0 Å². The second kappa shape index (κ2) is 9.45. The largest absolute Gasteiger partial charge is 0.390 e. The summed E-state index contributed by atoms with van der Waals surface area (Å²) < 4.78 is 0. The first-order valence-corrected chi connectivity index (χ1v) is 9.56. The Morgan fingerprint density at radius 1 is 1.44 bits per heavy atom. The fraction of sp³-hybridized carbons (Fsp3) is 0.400. The summed E-state index contributed by atoms with van der Waals surface area (Å²) in [6, 6.07) is 7.82. The number of halogens is 1. The van der Waals surface area contributed by atoms with Crippen LogP contribution in [0.25, 0.3) is 16.6 Å². The van der Waals surface area contributed by atoms with Gasteiger partial charge in [0, 0.05) is 42.8 Å². The molecule has 27 heavy (non-hydrogen) atoms. The molecule has 3 rings (SSSR count). The molecule has 1 saturated heterocycles. The van der Waals surface area contributed by atoms with Crippen molar-refractivity contribution in [3.8, 4) is 6.07 Å². The van der Waals surface area contributed by atoms with Crippen molar-refractivity contribution >= 4 is 34.4 Å². The van der Waals surface area contributed by atoms with Crippen LogP contribution >= 0.6 is 11.6 Å². The monoisotopic (exact) mass is 382 g/mol. The average Bonchev–Trinajstić information content (AvgIpc) is 2.70. The summed E-state index contributed by atoms with van der Waals surface area (Å²) in [7, 11) is 0. The molecule has 1 unspecified atom stereocenters. The van der Waals surface area contributed by atoms with Crippen LogP contribution in [0.1, 0.15) is 24.8 Å². The third-order valence-electron chi connectivity index (χ3n) is 4.73. The maximum Gasteiger partial charge on any atom is 0.129 e. The normalized spacial score (nSPS) is 18.2. The Hall–Kier alpha value is -2.49. The quantitative estimate of drug-likeness (QED) is 0.434. The number of hydrogen-bond donors (Lipinski definition) is 2. The molecule has 0 saturated carbocycles. The van der Waals surface area contributed by atoms with Crippen molar-refractivity contribution in [1.82, 2.24) is 20.2 Å². The molecule has 2 aromatic heterocycles. The van der Waals surface area contributed by atoms with Gasteiger partial charge in [-0.2, -0.15) is 5.26 Å². The van der Waals surface area contributed by atoms with E-state index in [2.05, 4.69) is 26.3 Å². The highest BCUT2D eigenvalue weighted by Crippen LogP contribution is 2.18. The van der Waals surface area contributed by atoms with Gasteiger partial charge in [-0.15, -0.1) is 0 Å². The number of likely N-dealkylation sites (tertiary alicyclic amines) is 1. The summed E-state index contributed by atoms with van der Waals surface area (Å²) in [5, 5.41) is 20.5. The summed E-state index contributed by atoms with van der Waals surface area (Å²) in [4.78, 5) is 11.0. The van der Waals surface area contributed by atoms with E-state index >= 15 is 0 Å². The molecule has 2 aromatic rings. The van der Waals surface area contributed by atoms with Crippen LogP contribution in [0.3, 0.4) is 0 Å². The first-order valence-electron chi connectivity index (χ1n) is 9.18. The molecule has 0 spiro atoms. The first-order chi connectivity index (χ1) is 13.2. The van der Waals surface area contributed by atoms with E-state index in [1.54, 1.807) is 12.3 Å². The number of allylic oxidation sites excluding steroid dienone is 1. The van der Waals surface area contributed by atoms with E-state index in [0.717, 1.165) is 62.1 Å². The zero-order valence-corrected chi connectivity index (χ0v) is 15.9. The molecule has 0 radical (unpaired) electrons. The summed E-state index contributed by atoms with van der Waals surface area (Å²) in [5.41, 5.74) is 3.06. The van der Waals surface area contributed by atoms with E-state index in [1.165, 1.54) is 6.21 Å².